The summed E-state index contributed by atoms with van der Waals surface area (Å²) in [4.78, 5) is 1.25. The van der Waals surface area contributed by atoms with Crippen molar-refractivity contribution in [3.63, 3.8) is 0 Å². The van der Waals surface area contributed by atoms with Gasteiger partial charge in [-0.2, -0.15) is 0 Å². The van der Waals surface area contributed by atoms with Gasteiger partial charge in [0.2, 0.25) is 0 Å². The Labute approximate surface area is 83.0 Å². The molecule has 0 aliphatic carbocycles. The Kier molecular flexibility index (Phi) is 3.83. The Morgan fingerprint density at radius 1 is 1.54 bits per heavy atom. The first-order valence-electron chi connectivity index (χ1n) is 4.21. The van der Waals surface area contributed by atoms with Gasteiger partial charge in [-0.25, -0.2) is 0 Å². The highest BCUT2D eigenvalue weighted by Crippen LogP contribution is 2.19. The summed E-state index contributed by atoms with van der Waals surface area (Å²) >= 11 is 1.74. The number of benzene rings is 1. The quantitative estimate of drug-likeness (QED) is 0.439. The SMILES string of the molecule is Cc1cccc(SCCC(=N)N)c1. The lowest BCUT2D eigenvalue weighted by Gasteiger charge is -2.01. The summed E-state index contributed by atoms with van der Waals surface area (Å²) in [7, 11) is 0. The number of nitrogens with two attached hydrogens (primary N) is 1. The number of hydrogen-bond donors (Lipinski definition) is 2. The first-order chi connectivity index (χ1) is 6.18. The average molecular weight is 194 g/mol. The molecule has 0 saturated heterocycles. The molecule has 2 nitrogen and oxygen atoms in total. The van der Waals surface area contributed by atoms with Crippen LogP contribution in [0.15, 0.2) is 29.2 Å². The molecule has 3 heteroatoms. The molecule has 1 aromatic carbocycles. The topological polar surface area (TPSA) is 49.9 Å². The van der Waals surface area contributed by atoms with E-state index in [1.54, 1.807) is 11.8 Å². The largest absolute Gasteiger partial charge is 0.388 e. The lowest BCUT2D eigenvalue weighted by atomic mass is 10.2. The predicted octanol–water partition coefficient (Wildman–Crippen LogP) is 2.41. The summed E-state index contributed by atoms with van der Waals surface area (Å²) in [5.74, 6) is 1.15. The van der Waals surface area contributed by atoms with Crippen LogP contribution in [0.2, 0.25) is 0 Å². The number of hydrogen-bond acceptors (Lipinski definition) is 2. The van der Waals surface area contributed by atoms with Crippen LogP contribution in [-0.4, -0.2) is 11.6 Å². The third-order valence-electron chi connectivity index (χ3n) is 1.63. The van der Waals surface area contributed by atoms with Crippen molar-refractivity contribution in [2.45, 2.75) is 18.2 Å². The van der Waals surface area contributed by atoms with Crippen molar-refractivity contribution in [3.8, 4) is 0 Å². The minimum atomic E-state index is 0.264. The molecule has 0 heterocycles. The summed E-state index contributed by atoms with van der Waals surface area (Å²) in [5, 5.41) is 7.07. The smallest absolute Gasteiger partial charge is 0.0913 e. The Hall–Kier alpha value is -0.960. The van der Waals surface area contributed by atoms with E-state index in [0.717, 1.165) is 5.75 Å². The highest BCUT2D eigenvalue weighted by molar-refractivity contribution is 7.99. The van der Waals surface area contributed by atoms with E-state index in [1.807, 2.05) is 6.07 Å². The van der Waals surface area contributed by atoms with Gasteiger partial charge in [0.25, 0.3) is 0 Å². The first-order valence-corrected chi connectivity index (χ1v) is 5.19. The van der Waals surface area contributed by atoms with Crippen LogP contribution in [0.3, 0.4) is 0 Å². The van der Waals surface area contributed by atoms with Crippen LogP contribution in [0.25, 0.3) is 0 Å². The second kappa shape index (κ2) is 4.92. The summed E-state index contributed by atoms with van der Waals surface area (Å²) in [6.45, 7) is 2.08. The second-order valence-corrected chi connectivity index (χ2v) is 4.11. The molecule has 13 heavy (non-hydrogen) atoms. The maximum absolute atomic E-state index is 7.07. The molecule has 70 valence electrons. The highest BCUT2D eigenvalue weighted by Gasteiger charge is 1.95. The third-order valence-corrected chi connectivity index (χ3v) is 2.63. The zero-order chi connectivity index (χ0) is 9.68. The molecule has 0 radical (unpaired) electrons. The van der Waals surface area contributed by atoms with E-state index in [2.05, 4.69) is 25.1 Å². The van der Waals surface area contributed by atoms with E-state index in [0.29, 0.717) is 6.42 Å². The molecule has 1 aromatic rings. The van der Waals surface area contributed by atoms with E-state index in [4.69, 9.17) is 11.1 Å². The molecule has 3 N–H and O–H groups in total. The number of rotatable bonds is 4. The van der Waals surface area contributed by atoms with Gasteiger partial charge >= 0.3 is 0 Å². The Bertz CT molecular complexity index is 297. The van der Waals surface area contributed by atoms with Crippen LogP contribution in [-0.2, 0) is 0 Å². The van der Waals surface area contributed by atoms with Crippen molar-refractivity contribution in [3.05, 3.63) is 29.8 Å². The summed E-state index contributed by atoms with van der Waals surface area (Å²) in [6, 6.07) is 8.35. The fourth-order valence-electron chi connectivity index (χ4n) is 0.984. The van der Waals surface area contributed by atoms with Crippen LogP contribution >= 0.6 is 11.8 Å². The third kappa shape index (κ3) is 3.99. The minimum Gasteiger partial charge on any atom is -0.388 e. The first kappa shape index (κ1) is 10.1. The molecule has 0 unspecified atom stereocenters. The molecule has 0 aliphatic rings. The maximum atomic E-state index is 7.07. The second-order valence-electron chi connectivity index (χ2n) is 2.94. The van der Waals surface area contributed by atoms with Gasteiger partial charge in [0.15, 0.2) is 0 Å². The van der Waals surface area contributed by atoms with E-state index < -0.39 is 0 Å². The molecule has 0 fully saturated rings. The van der Waals surface area contributed by atoms with Gasteiger partial charge in [-0.1, -0.05) is 17.7 Å². The van der Waals surface area contributed by atoms with Crippen LogP contribution in [0, 0.1) is 12.3 Å². The van der Waals surface area contributed by atoms with Crippen molar-refractivity contribution in [2.75, 3.05) is 5.75 Å². The molecule has 0 aliphatic heterocycles. The van der Waals surface area contributed by atoms with E-state index >= 15 is 0 Å². The average Bonchev–Trinajstić information content (AvgIpc) is 2.03. The normalized spacial score (nSPS) is 9.92. The van der Waals surface area contributed by atoms with Crippen molar-refractivity contribution in [2.24, 2.45) is 5.73 Å². The Balaban J connectivity index is 2.41. The lowest BCUT2D eigenvalue weighted by Crippen LogP contribution is -2.09. The van der Waals surface area contributed by atoms with Gasteiger partial charge in [-0.3, -0.25) is 5.41 Å². The molecule has 0 amide bonds. The highest BCUT2D eigenvalue weighted by atomic mass is 32.2. The Morgan fingerprint density at radius 2 is 2.31 bits per heavy atom. The zero-order valence-corrected chi connectivity index (χ0v) is 8.53. The molecule has 1 rings (SSSR count). The van der Waals surface area contributed by atoms with Gasteiger partial charge in [0.1, 0.15) is 0 Å². The van der Waals surface area contributed by atoms with Crippen LogP contribution in [0.4, 0.5) is 0 Å². The van der Waals surface area contributed by atoms with Gasteiger partial charge in [-0.05, 0) is 19.1 Å². The van der Waals surface area contributed by atoms with E-state index in [-0.39, 0.29) is 5.84 Å². The molecular formula is C10H14N2S. The number of aryl methyl sites for hydroxylation is 1. The minimum absolute atomic E-state index is 0.264. The Morgan fingerprint density at radius 3 is 2.92 bits per heavy atom. The molecule has 0 spiro atoms. The molecular weight excluding hydrogens is 180 g/mol. The van der Waals surface area contributed by atoms with Gasteiger partial charge in [0, 0.05) is 17.1 Å². The van der Waals surface area contributed by atoms with E-state index in [1.165, 1.54) is 10.5 Å². The van der Waals surface area contributed by atoms with Gasteiger partial charge in [0.05, 0.1) is 5.84 Å². The zero-order valence-electron chi connectivity index (χ0n) is 7.71. The number of nitrogens with one attached hydrogen (secondary N) is 1. The standard InChI is InChI=1S/C10H14N2S/c1-8-3-2-4-9(7-8)13-6-5-10(11)12/h2-4,7H,5-6H2,1H3,(H3,11,12). The fraction of sp³-hybridized carbons (Fsp3) is 0.300. The molecule has 0 atom stereocenters. The van der Waals surface area contributed by atoms with Gasteiger partial charge < -0.3 is 5.73 Å². The lowest BCUT2D eigenvalue weighted by molar-refractivity contribution is 1.22. The van der Waals surface area contributed by atoms with Crippen molar-refractivity contribution in [1.29, 1.82) is 5.41 Å². The van der Waals surface area contributed by atoms with Gasteiger partial charge in [-0.15, -0.1) is 11.8 Å². The number of thioether (sulfide) groups is 1. The van der Waals surface area contributed by atoms with E-state index in [9.17, 15) is 0 Å². The monoisotopic (exact) mass is 194 g/mol. The van der Waals surface area contributed by atoms with Crippen molar-refractivity contribution >= 4 is 17.6 Å². The van der Waals surface area contributed by atoms with Crippen LogP contribution in [0.5, 0.6) is 0 Å². The van der Waals surface area contributed by atoms with Crippen LogP contribution in [0.1, 0.15) is 12.0 Å². The summed E-state index contributed by atoms with van der Waals surface area (Å²) in [6.07, 6.45) is 0.665. The summed E-state index contributed by atoms with van der Waals surface area (Å²) in [5.41, 5.74) is 6.53. The summed E-state index contributed by atoms with van der Waals surface area (Å²) < 4.78 is 0. The molecule has 0 bridgehead atoms. The van der Waals surface area contributed by atoms with Crippen molar-refractivity contribution < 1.29 is 0 Å². The van der Waals surface area contributed by atoms with Crippen molar-refractivity contribution in [1.82, 2.24) is 0 Å². The van der Waals surface area contributed by atoms with Crippen LogP contribution < -0.4 is 5.73 Å². The molecule has 0 aromatic heterocycles. The predicted molar refractivity (Wildman–Crippen MR) is 58.4 cm³/mol. The number of amidine groups is 1. The maximum Gasteiger partial charge on any atom is 0.0913 e. The fourth-order valence-corrected chi connectivity index (χ4v) is 1.99. The molecule has 0 saturated carbocycles.